The third kappa shape index (κ3) is 3.52. The number of carbonyl (C=O) groups excluding carboxylic acids is 2. The number of carbonyl (C=O) groups is 2. The van der Waals surface area contributed by atoms with Crippen LogP contribution in [0, 0.1) is 5.92 Å². The zero-order valence-corrected chi connectivity index (χ0v) is 13.2. The Morgan fingerprint density at radius 3 is 2.87 bits per heavy atom. The molecule has 0 radical (unpaired) electrons. The normalized spacial score (nSPS) is 15.0. The summed E-state index contributed by atoms with van der Waals surface area (Å²) in [5.41, 5.74) is 1.62. The molecule has 6 nitrogen and oxygen atoms in total. The highest BCUT2D eigenvalue weighted by Crippen LogP contribution is 2.28. The zero-order chi connectivity index (χ0) is 16.2. The molecule has 1 aromatic carbocycles. The minimum absolute atomic E-state index is 0.0133. The molecule has 1 saturated carbocycles. The standard InChI is InChI=1S/C17H21N3O3/c1-23-17(22)16-13-10-12(7-8-14(13)19-20-16)18-15(21)9-6-11-4-2-3-5-11/h7-8,10-11H,2-6,9H2,1H3,(H,18,21)(H,19,20). The average molecular weight is 315 g/mol. The summed E-state index contributed by atoms with van der Waals surface area (Å²) in [4.78, 5) is 23.8. The number of nitrogens with one attached hydrogen (secondary N) is 2. The van der Waals surface area contributed by atoms with Gasteiger partial charge in [0.25, 0.3) is 0 Å². The van der Waals surface area contributed by atoms with Crippen molar-refractivity contribution in [2.45, 2.75) is 38.5 Å². The Balaban J connectivity index is 1.67. The molecule has 1 aliphatic rings. The molecule has 6 heteroatoms. The molecule has 3 rings (SSSR count). The van der Waals surface area contributed by atoms with Gasteiger partial charge < -0.3 is 10.1 Å². The van der Waals surface area contributed by atoms with Crippen molar-refractivity contribution >= 4 is 28.5 Å². The Hall–Kier alpha value is -2.37. The second-order valence-electron chi connectivity index (χ2n) is 6.06. The first-order chi connectivity index (χ1) is 11.2. The molecule has 1 heterocycles. The van der Waals surface area contributed by atoms with Crippen LogP contribution in [0.4, 0.5) is 5.69 Å². The highest BCUT2D eigenvalue weighted by molar-refractivity contribution is 6.03. The van der Waals surface area contributed by atoms with Gasteiger partial charge in [0.15, 0.2) is 5.69 Å². The van der Waals surface area contributed by atoms with Gasteiger partial charge in [0.05, 0.1) is 12.6 Å². The molecule has 0 spiro atoms. The summed E-state index contributed by atoms with van der Waals surface area (Å²) in [5, 5.41) is 10.3. The van der Waals surface area contributed by atoms with Gasteiger partial charge in [0.2, 0.25) is 5.91 Å². The highest BCUT2D eigenvalue weighted by Gasteiger charge is 2.17. The van der Waals surface area contributed by atoms with Gasteiger partial charge >= 0.3 is 5.97 Å². The smallest absolute Gasteiger partial charge is 0.359 e. The molecular weight excluding hydrogens is 294 g/mol. The van der Waals surface area contributed by atoms with Gasteiger partial charge in [0, 0.05) is 17.5 Å². The van der Waals surface area contributed by atoms with Crippen LogP contribution < -0.4 is 5.32 Å². The van der Waals surface area contributed by atoms with Gasteiger partial charge in [-0.3, -0.25) is 9.89 Å². The SMILES string of the molecule is COC(=O)c1n[nH]c2ccc(NC(=O)CCC3CCCC3)cc12. The Kier molecular flexibility index (Phi) is 4.60. The fourth-order valence-electron chi connectivity index (χ4n) is 3.20. The molecule has 0 unspecified atom stereocenters. The van der Waals surface area contributed by atoms with E-state index < -0.39 is 5.97 Å². The van der Waals surface area contributed by atoms with Crippen LogP contribution >= 0.6 is 0 Å². The minimum atomic E-state index is -0.499. The molecule has 2 aromatic rings. The van der Waals surface area contributed by atoms with Crippen molar-refractivity contribution in [2.24, 2.45) is 5.92 Å². The van der Waals surface area contributed by atoms with E-state index in [2.05, 4.69) is 15.5 Å². The number of esters is 1. The monoisotopic (exact) mass is 315 g/mol. The number of H-pyrrole nitrogens is 1. The molecule has 0 aliphatic heterocycles. The van der Waals surface area contributed by atoms with Crippen LogP contribution in [0.2, 0.25) is 0 Å². The van der Waals surface area contributed by atoms with Crippen molar-refractivity contribution in [3.63, 3.8) is 0 Å². The molecule has 1 amide bonds. The van der Waals surface area contributed by atoms with E-state index in [9.17, 15) is 9.59 Å². The Labute approximate surface area is 134 Å². The summed E-state index contributed by atoms with van der Waals surface area (Å²) in [6.45, 7) is 0. The number of aromatic nitrogens is 2. The largest absolute Gasteiger partial charge is 0.464 e. The first-order valence-corrected chi connectivity index (χ1v) is 8.03. The maximum absolute atomic E-state index is 12.1. The molecule has 1 fully saturated rings. The molecule has 23 heavy (non-hydrogen) atoms. The molecule has 0 saturated heterocycles. The van der Waals surface area contributed by atoms with Gasteiger partial charge in [-0.05, 0) is 30.5 Å². The van der Waals surface area contributed by atoms with Crippen LogP contribution in [0.3, 0.4) is 0 Å². The third-order valence-electron chi connectivity index (χ3n) is 4.48. The van der Waals surface area contributed by atoms with Crippen LogP contribution in [0.15, 0.2) is 18.2 Å². The van der Waals surface area contributed by atoms with Crippen LogP contribution in [0.1, 0.15) is 49.0 Å². The molecule has 2 N–H and O–H groups in total. The fraction of sp³-hybridized carbons (Fsp3) is 0.471. The number of amides is 1. The van der Waals surface area contributed by atoms with Crippen molar-refractivity contribution in [1.82, 2.24) is 10.2 Å². The fourth-order valence-corrected chi connectivity index (χ4v) is 3.20. The van der Waals surface area contributed by atoms with E-state index in [-0.39, 0.29) is 11.6 Å². The maximum Gasteiger partial charge on any atom is 0.359 e. The van der Waals surface area contributed by atoms with Gasteiger partial charge in [-0.2, -0.15) is 5.10 Å². The first kappa shape index (κ1) is 15.5. The van der Waals surface area contributed by atoms with Crippen LogP contribution in [0.5, 0.6) is 0 Å². The lowest BCUT2D eigenvalue weighted by Gasteiger charge is -2.09. The molecule has 1 aliphatic carbocycles. The molecular formula is C17H21N3O3. The maximum atomic E-state index is 12.1. The zero-order valence-electron chi connectivity index (χ0n) is 13.2. The molecule has 1 aromatic heterocycles. The van der Waals surface area contributed by atoms with Crippen LogP contribution in [-0.2, 0) is 9.53 Å². The third-order valence-corrected chi connectivity index (χ3v) is 4.48. The summed E-state index contributed by atoms with van der Waals surface area (Å²) in [7, 11) is 1.32. The second kappa shape index (κ2) is 6.81. The number of methoxy groups -OCH3 is 1. The number of hydrogen-bond acceptors (Lipinski definition) is 4. The molecule has 0 atom stereocenters. The van der Waals surface area contributed by atoms with E-state index in [0.29, 0.717) is 23.4 Å². The van der Waals surface area contributed by atoms with E-state index in [1.165, 1.54) is 32.8 Å². The number of ether oxygens (including phenoxy) is 1. The van der Waals surface area contributed by atoms with E-state index in [1.807, 2.05) is 0 Å². The van der Waals surface area contributed by atoms with Gasteiger partial charge in [0.1, 0.15) is 0 Å². The number of aromatic amines is 1. The van der Waals surface area contributed by atoms with Crippen molar-refractivity contribution in [3.05, 3.63) is 23.9 Å². The topological polar surface area (TPSA) is 84.1 Å². The Morgan fingerprint density at radius 2 is 2.13 bits per heavy atom. The Morgan fingerprint density at radius 1 is 1.35 bits per heavy atom. The first-order valence-electron chi connectivity index (χ1n) is 8.03. The Bertz CT molecular complexity index is 717. The van der Waals surface area contributed by atoms with Crippen LogP contribution in [0.25, 0.3) is 10.9 Å². The second-order valence-corrected chi connectivity index (χ2v) is 6.06. The number of anilines is 1. The van der Waals surface area contributed by atoms with Gasteiger partial charge in [-0.25, -0.2) is 4.79 Å². The van der Waals surface area contributed by atoms with Gasteiger partial charge in [-0.1, -0.05) is 25.7 Å². The number of nitrogens with zero attached hydrogens (tertiary/aromatic N) is 1. The van der Waals surface area contributed by atoms with Crippen molar-refractivity contribution in [2.75, 3.05) is 12.4 Å². The summed E-state index contributed by atoms with van der Waals surface area (Å²) in [6, 6.07) is 5.34. The number of benzene rings is 1. The summed E-state index contributed by atoms with van der Waals surface area (Å²) in [6.07, 6.45) is 6.57. The highest BCUT2D eigenvalue weighted by atomic mass is 16.5. The van der Waals surface area contributed by atoms with E-state index in [4.69, 9.17) is 4.74 Å². The summed E-state index contributed by atoms with van der Waals surface area (Å²) in [5.74, 6) is 0.211. The van der Waals surface area contributed by atoms with E-state index >= 15 is 0 Å². The minimum Gasteiger partial charge on any atom is -0.464 e. The van der Waals surface area contributed by atoms with E-state index in [1.54, 1.807) is 18.2 Å². The number of fused-ring (bicyclic) bond motifs is 1. The van der Waals surface area contributed by atoms with Crippen molar-refractivity contribution in [1.29, 1.82) is 0 Å². The van der Waals surface area contributed by atoms with Crippen molar-refractivity contribution in [3.8, 4) is 0 Å². The lowest BCUT2D eigenvalue weighted by atomic mass is 10.0. The molecule has 122 valence electrons. The quantitative estimate of drug-likeness (QED) is 0.829. The number of hydrogen-bond donors (Lipinski definition) is 2. The average Bonchev–Trinajstić information content (AvgIpc) is 3.21. The van der Waals surface area contributed by atoms with Crippen LogP contribution in [-0.4, -0.2) is 29.2 Å². The predicted molar refractivity (Wildman–Crippen MR) is 87.3 cm³/mol. The lowest BCUT2D eigenvalue weighted by Crippen LogP contribution is -2.12. The van der Waals surface area contributed by atoms with E-state index in [0.717, 1.165) is 11.9 Å². The lowest BCUT2D eigenvalue weighted by molar-refractivity contribution is -0.116. The number of rotatable bonds is 5. The predicted octanol–water partition coefficient (Wildman–Crippen LogP) is 3.26. The van der Waals surface area contributed by atoms with Gasteiger partial charge in [-0.15, -0.1) is 0 Å². The summed E-state index contributed by atoms with van der Waals surface area (Å²) < 4.78 is 4.71. The molecule has 0 bridgehead atoms. The van der Waals surface area contributed by atoms with Crippen molar-refractivity contribution < 1.29 is 14.3 Å². The summed E-state index contributed by atoms with van der Waals surface area (Å²) >= 11 is 0.